The van der Waals surface area contributed by atoms with E-state index in [9.17, 15) is 19.2 Å². The molecule has 0 aliphatic carbocycles. The average molecular weight is 1550 g/mol. The zero-order valence-corrected chi connectivity index (χ0v) is 60.9. The molecule has 510 valence electrons. The minimum Gasteiger partial charge on any atom is -0.394 e. The summed E-state index contributed by atoms with van der Waals surface area (Å²) >= 11 is 17.9. The van der Waals surface area contributed by atoms with Gasteiger partial charge in [0.25, 0.3) is 0 Å². The molecule has 12 rings (SSSR count). The fraction of sp³-hybridized carbons (Fsp3) is 0.140. The molecule has 43 heteroatoms. The second-order valence-corrected chi connectivity index (χ2v) is 32.0. The summed E-state index contributed by atoms with van der Waals surface area (Å²) in [7, 11) is 9.58. The van der Waals surface area contributed by atoms with Crippen LogP contribution in [0.3, 0.4) is 0 Å². The van der Waals surface area contributed by atoms with Crippen molar-refractivity contribution < 1.29 is 32.3 Å². The van der Waals surface area contributed by atoms with Gasteiger partial charge in [0.05, 0.1) is 48.7 Å². The number of nitrogens with two attached hydrogens (primary N) is 1. The smallest absolute Gasteiger partial charge is 0.394 e. The number of nitrogens with zero attached hydrogens (tertiary/aromatic N) is 20. The van der Waals surface area contributed by atoms with Crippen LogP contribution in [0.4, 0.5) is 25.7 Å². The van der Waals surface area contributed by atoms with E-state index in [1.165, 1.54) is 74.6 Å². The normalized spacial score (nSPS) is 11.7. The number of allylic oxidation sites excluding steroid dienone is 2. The molecule has 4 amide bonds. The largest absolute Gasteiger partial charge is 0.737 e. The van der Waals surface area contributed by atoms with Crippen molar-refractivity contribution in [1.29, 1.82) is 0 Å². The van der Waals surface area contributed by atoms with Crippen molar-refractivity contribution in [3.63, 3.8) is 0 Å². The Morgan fingerprint density at radius 2 is 0.900 bits per heavy atom. The minimum absolute atomic E-state index is 0.0586. The third kappa shape index (κ3) is 22.2. The Morgan fingerprint density at radius 1 is 0.510 bits per heavy atom. The van der Waals surface area contributed by atoms with Crippen LogP contribution in [0.1, 0.15) is 43.1 Å². The monoisotopic (exact) mass is 1550 g/mol. The van der Waals surface area contributed by atoms with E-state index in [-0.39, 0.29) is 55.2 Å². The molecule has 0 saturated heterocycles. The second-order valence-electron chi connectivity index (χ2n) is 19.6. The summed E-state index contributed by atoms with van der Waals surface area (Å²) in [6, 6.07) is 27.8. The number of carbonyl (C=O) groups is 4. The maximum Gasteiger partial charge on any atom is 0.737 e. The van der Waals surface area contributed by atoms with E-state index < -0.39 is 18.8 Å². The highest BCUT2D eigenvalue weighted by Crippen LogP contribution is 2.35. The number of aryl methyl sites for hydroxylation is 2. The molecular formula is C57H50BF2N25O4S11. The van der Waals surface area contributed by atoms with E-state index in [1.807, 2.05) is 25.1 Å². The standard InChI is InChI=1S/C28H25BF2N10O2.C15H13N7O.C14H12N8O.S6.S5/c1-17-13-18(2)40-24(17)14-21-8-7-20(41(21)29(40,30)31)9-11-25(42)34-16-26(43)35-19-6-10-23(33-15-19)28-38-36-27(37-39-28)22-5-3-4-12-32-22;1-2-13(23)18-10-6-7-12(17-9-10)15-21-19-14(20-22-15)11-5-3-4-8-16-11;15-7-12(23)18-9-4-5-11(17-8-9)14-21-19-13(20-22-14)10-3-1-2-6-16-10;1-3-5-6-4-2;1-3-5-4-2/h3-8,10,12-15H,9,11,16H2,1-2H3,(H,34,42)(H,35,43);3-9H,2H2,1H3,(H,18,23);1-6,8H,7,15H2,(H,18,23);;. The quantitative estimate of drug-likeness (QED) is 0.0799. The first-order valence-corrected chi connectivity index (χ1v) is 40.7. The van der Waals surface area contributed by atoms with Crippen molar-refractivity contribution in [1.82, 2.24) is 101 Å². The predicted molar refractivity (Wildman–Crippen MR) is 400 cm³/mol. The Morgan fingerprint density at radius 3 is 1.24 bits per heavy atom. The number of rotatable bonds is 16. The summed E-state index contributed by atoms with van der Waals surface area (Å²) in [6.45, 7) is 0.768. The molecule has 0 aromatic carbocycles. The number of fused-ring (bicyclic) bond motifs is 2. The molecule has 0 spiro atoms. The number of hydrogen-bond donors (Lipinski definition) is 5. The maximum absolute atomic E-state index is 15.5. The van der Waals surface area contributed by atoms with Gasteiger partial charge in [-0.05, 0) is 104 Å². The maximum atomic E-state index is 15.5. The lowest BCUT2D eigenvalue weighted by molar-refractivity contribution is -0.362. The lowest BCUT2D eigenvalue weighted by atomic mass is 9.90. The van der Waals surface area contributed by atoms with Crippen LogP contribution in [0.2, 0.25) is 0 Å². The van der Waals surface area contributed by atoms with Gasteiger partial charge >= 0.3 is 6.97 Å². The van der Waals surface area contributed by atoms with E-state index in [1.54, 1.807) is 136 Å². The van der Waals surface area contributed by atoms with Crippen LogP contribution in [0.5, 0.6) is 0 Å². The SMILES string of the molecule is CCC(=O)Nc1ccc(-c2nnc(-c3ccccn3)nn2)nc1.Cc1cc(C)n2c1C=C1C=CC(CCC(=O)NCC(=O)Nc3ccc(-c4nnc(-c5ccccn5)nn4)nc3)=[N+]1[B-]2(F)F.NCC(=O)Nc1ccc(-c2nnc(-c3ccccn3)nn2)nc1.S=S=S=S=S.S=S=S=S=S=S. The Balaban J connectivity index is 0.000000189. The van der Waals surface area contributed by atoms with Crippen LogP contribution in [0.25, 0.3) is 75.2 Å². The van der Waals surface area contributed by atoms with Crippen molar-refractivity contribution in [2.45, 2.75) is 40.0 Å². The minimum atomic E-state index is -4.10. The van der Waals surface area contributed by atoms with Gasteiger partial charge in [-0.2, -0.15) is 0 Å². The second kappa shape index (κ2) is 39.2. The summed E-state index contributed by atoms with van der Waals surface area (Å²) in [5, 5.41) is 58.7. The molecule has 100 heavy (non-hydrogen) atoms. The van der Waals surface area contributed by atoms with Gasteiger partial charge in [0.2, 0.25) is 58.6 Å². The van der Waals surface area contributed by atoms with Crippen molar-refractivity contribution in [3.8, 4) is 69.1 Å². The number of hydrogen-bond acceptors (Lipinski definition) is 27. The van der Waals surface area contributed by atoms with Gasteiger partial charge in [-0.3, -0.25) is 49.1 Å². The highest BCUT2D eigenvalue weighted by Gasteiger charge is 2.52. The number of amides is 4. The first-order valence-electron chi connectivity index (χ1n) is 28.7. The molecule has 0 bridgehead atoms. The van der Waals surface area contributed by atoms with E-state index in [2.05, 4.69) is 157 Å². The average Bonchev–Trinajstić information content (AvgIpc) is 1.56. The zero-order chi connectivity index (χ0) is 71.2. The lowest BCUT2D eigenvalue weighted by Crippen LogP contribution is -2.50. The van der Waals surface area contributed by atoms with Crippen LogP contribution in [0.15, 0.2) is 152 Å². The molecular weight excluding hydrogens is 1500 g/mol. The summed E-state index contributed by atoms with van der Waals surface area (Å²) in [6.07, 6.45) is 14.8. The molecule has 12 heterocycles. The van der Waals surface area contributed by atoms with E-state index in [0.717, 1.165) is 14.5 Å². The van der Waals surface area contributed by atoms with Crippen molar-refractivity contribution in [2.24, 2.45) is 5.73 Å². The summed E-state index contributed by atoms with van der Waals surface area (Å²) in [4.78, 5) is 72.4. The number of aromatic nitrogens is 19. The number of nitrogens with one attached hydrogen (secondary N) is 4. The van der Waals surface area contributed by atoms with Crippen LogP contribution >= 0.6 is 0 Å². The molecule has 10 aromatic heterocycles. The fourth-order valence-corrected chi connectivity index (χ4v) is 16.9. The highest BCUT2D eigenvalue weighted by molar-refractivity contribution is 8.64. The first-order chi connectivity index (χ1) is 48.5. The zero-order valence-electron chi connectivity index (χ0n) is 51.9. The molecule has 0 fully saturated rings. The van der Waals surface area contributed by atoms with Gasteiger partial charge in [-0.1, -0.05) is 25.1 Å². The van der Waals surface area contributed by atoms with Crippen LogP contribution in [-0.4, -0.2) is 149 Å². The van der Waals surface area contributed by atoms with Crippen molar-refractivity contribution in [2.75, 3.05) is 29.0 Å². The predicted octanol–water partition coefficient (Wildman–Crippen LogP) is 4.95. The molecule has 0 saturated carbocycles. The van der Waals surface area contributed by atoms with Gasteiger partial charge < -0.3 is 44.6 Å². The Bertz CT molecular complexity index is 4770. The summed E-state index contributed by atoms with van der Waals surface area (Å²) in [5.74, 6) is 0.470. The molecule has 29 nitrogen and oxygen atoms in total. The van der Waals surface area contributed by atoms with Gasteiger partial charge in [-0.15, -0.1) is 61.2 Å². The van der Waals surface area contributed by atoms with E-state index in [0.29, 0.717) is 97.9 Å². The number of pyridine rings is 6. The van der Waals surface area contributed by atoms with E-state index in [4.69, 9.17) is 5.73 Å². The third-order valence-corrected chi connectivity index (χ3v) is 24.2. The Kier molecular flexibility index (Phi) is 29.8. The van der Waals surface area contributed by atoms with Gasteiger partial charge in [0.15, 0.2) is 5.70 Å². The number of halogens is 2. The summed E-state index contributed by atoms with van der Waals surface area (Å²) < 4.78 is 33.2. The van der Waals surface area contributed by atoms with Crippen LogP contribution in [-0.2, 0) is 126 Å². The highest BCUT2D eigenvalue weighted by atomic mass is 33.3. The Labute approximate surface area is 607 Å². The molecule has 0 radical (unpaired) electrons. The Hall–Kier alpha value is -9.67. The van der Waals surface area contributed by atoms with E-state index >= 15 is 8.63 Å². The molecule has 10 aromatic rings. The van der Waals surface area contributed by atoms with Gasteiger partial charge in [0.1, 0.15) is 39.9 Å². The third-order valence-electron chi connectivity index (χ3n) is 13.1. The lowest BCUT2D eigenvalue weighted by Gasteiger charge is -2.30. The van der Waals surface area contributed by atoms with Crippen LogP contribution < -0.4 is 27.0 Å². The molecule has 2 aliphatic heterocycles. The molecule has 6 N–H and O–H groups in total. The number of carbonyl (C=O) groups excluding carboxylic acids is 4. The number of anilines is 3. The molecule has 0 atom stereocenters. The first kappa shape index (κ1) is 76.1. The topological polar surface area (TPSA) is 382 Å². The van der Waals surface area contributed by atoms with Gasteiger partial charge in [-0.25, -0.2) is 0 Å². The molecule has 0 unspecified atom stereocenters. The molecule has 2 aliphatic rings. The van der Waals surface area contributed by atoms with Crippen LogP contribution in [0, 0.1) is 13.8 Å². The fourth-order valence-electron chi connectivity index (χ4n) is 8.69. The van der Waals surface area contributed by atoms with Gasteiger partial charge in [0, 0.05) is 169 Å². The van der Waals surface area contributed by atoms with Crippen molar-refractivity contribution in [3.05, 3.63) is 169 Å². The van der Waals surface area contributed by atoms with Crippen molar-refractivity contribution >= 4 is 166 Å². The summed E-state index contributed by atoms with van der Waals surface area (Å²) in [5.41, 5.74) is 12.4.